The first-order valence-corrected chi connectivity index (χ1v) is 18.4. The van der Waals surface area contributed by atoms with Gasteiger partial charge in [0.1, 0.15) is 0 Å². The molecule has 0 aromatic heterocycles. The number of carbonyl (C=O) groups is 2. The molecule has 0 aliphatic heterocycles. The van der Waals surface area contributed by atoms with Gasteiger partial charge < -0.3 is 0 Å². The zero-order valence-corrected chi connectivity index (χ0v) is 29.5. The molecule has 4 aromatic rings. The number of aryl methyl sites for hydroxylation is 4. The molecular weight excluding hydrogens is 585 g/mol. The number of hydrogen-bond acceptors (Lipinski definition) is 2. The summed E-state index contributed by atoms with van der Waals surface area (Å²) in [5, 5.41) is 0. The first-order valence-electron chi connectivity index (χ1n) is 18.4. The second-order valence-corrected chi connectivity index (χ2v) is 13.4. The lowest BCUT2D eigenvalue weighted by atomic mass is 9.74. The maximum absolute atomic E-state index is 15.1. The van der Waals surface area contributed by atoms with Crippen LogP contribution in [0, 0.1) is 0 Å². The minimum absolute atomic E-state index is 0.0904. The van der Waals surface area contributed by atoms with Crippen molar-refractivity contribution in [3.05, 3.63) is 142 Å². The Bertz CT molecular complexity index is 1470. The van der Waals surface area contributed by atoms with Gasteiger partial charge in [0.2, 0.25) is 0 Å². The number of hydrogen-bond donors (Lipinski definition) is 0. The van der Waals surface area contributed by atoms with Gasteiger partial charge in [-0.1, -0.05) is 150 Å². The van der Waals surface area contributed by atoms with Gasteiger partial charge in [0.05, 0.1) is 0 Å². The van der Waals surface area contributed by atoms with Gasteiger partial charge in [-0.05, 0) is 95.9 Å². The molecule has 2 nitrogen and oxygen atoms in total. The van der Waals surface area contributed by atoms with Crippen LogP contribution in [0.5, 0.6) is 0 Å². The molecule has 5 rings (SSSR count). The largest absolute Gasteiger partial charge is 0.289 e. The van der Waals surface area contributed by atoms with E-state index < -0.39 is 0 Å². The zero-order valence-electron chi connectivity index (χ0n) is 29.5. The highest BCUT2D eigenvalue weighted by atomic mass is 16.1. The van der Waals surface area contributed by atoms with Crippen molar-refractivity contribution in [1.82, 2.24) is 0 Å². The quantitative estimate of drug-likeness (QED) is 0.115. The fourth-order valence-electron chi connectivity index (χ4n) is 6.68. The van der Waals surface area contributed by atoms with E-state index in [4.69, 9.17) is 0 Å². The lowest BCUT2D eigenvalue weighted by molar-refractivity contribution is -0.111. The van der Waals surface area contributed by atoms with Crippen molar-refractivity contribution in [1.29, 1.82) is 0 Å². The second kappa shape index (κ2) is 17.2. The van der Waals surface area contributed by atoms with Crippen LogP contribution >= 0.6 is 0 Å². The lowest BCUT2D eigenvalue weighted by Gasteiger charge is -2.26. The first kappa shape index (κ1) is 35.0. The third-order valence-electron chi connectivity index (χ3n) is 9.65. The Labute approximate surface area is 289 Å². The van der Waals surface area contributed by atoms with E-state index in [0.717, 1.165) is 99.3 Å². The normalized spacial score (nSPS) is 13.5. The molecule has 4 aromatic carbocycles. The van der Waals surface area contributed by atoms with Gasteiger partial charge in [0, 0.05) is 22.3 Å². The molecule has 0 saturated carbocycles. The Morgan fingerprint density at radius 3 is 0.667 bits per heavy atom. The van der Waals surface area contributed by atoms with Crippen molar-refractivity contribution in [2.24, 2.45) is 0 Å². The van der Waals surface area contributed by atoms with Crippen LogP contribution in [0.4, 0.5) is 0 Å². The Morgan fingerprint density at radius 1 is 0.312 bits per heavy atom. The molecule has 0 saturated heterocycles. The van der Waals surface area contributed by atoms with E-state index in [0.29, 0.717) is 22.3 Å². The molecule has 0 atom stereocenters. The van der Waals surface area contributed by atoms with Crippen molar-refractivity contribution in [3.63, 3.8) is 0 Å². The van der Waals surface area contributed by atoms with E-state index in [1.807, 2.05) is 48.5 Å². The monoisotopic (exact) mass is 636 g/mol. The summed E-state index contributed by atoms with van der Waals surface area (Å²) in [6.45, 7) is 8.80. The summed E-state index contributed by atoms with van der Waals surface area (Å²) < 4.78 is 0. The molecular formula is C46H52O2. The van der Waals surface area contributed by atoms with E-state index in [9.17, 15) is 0 Å². The predicted molar refractivity (Wildman–Crippen MR) is 204 cm³/mol. The summed E-state index contributed by atoms with van der Waals surface area (Å²) >= 11 is 0. The van der Waals surface area contributed by atoms with Crippen molar-refractivity contribution in [2.45, 2.75) is 105 Å². The average Bonchev–Trinajstić information content (AvgIpc) is 3.13. The van der Waals surface area contributed by atoms with Crippen LogP contribution in [-0.4, -0.2) is 11.6 Å². The lowest BCUT2D eigenvalue weighted by Crippen LogP contribution is -2.22. The number of carbonyl (C=O) groups excluding carboxylic acids is 2. The maximum atomic E-state index is 15.1. The third kappa shape index (κ3) is 8.21. The summed E-state index contributed by atoms with van der Waals surface area (Å²) in [7, 11) is 0. The van der Waals surface area contributed by atoms with E-state index in [-0.39, 0.29) is 11.6 Å². The van der Waals surface area contributed by atoms with E-state index >= 15 is 9.59 Å². The van der Waals surface area contributed by atoms with Crippen LogP contribution in [0.25, 0.3) is 22.3 Å². The molecule has 1 aliphatic carbocycles. The molecule has 248 valence electrons. The van der Waals surface area contributed by atoms with Gasteiger partial charge in [-0.15, -0.1) is 0 Å². The molecule has 0 radical (unpaired) electrons. The molecule has 0 spiro atoms. The number of benzene rings is 4. The Kier molecular flexibility index (Phi) is 12.5. The van der Waals surface area contributed by atoms with Gasteiger partial charge in [-0.2, -0.15) is 0 Å². The molecule has 48 heavy (non-hydrogen) atoms. The van der Waals surface area contributed by atoms with Crippen LogP contribution in [-0.2, 0) is 35.3 Å². The molecule has 0 heterocycles. The number of ketones is 2. The molecule has 2 heteroatoms. The third-order valence-corrected chi connectivity index (χ3v) is 9.65. The number of rotatable bonds is 16. The summed E-state index contributed by atoms with van der Waals surface area (Å²) in [4.78, 5) is 30.2. The highest BCUT2D eigenvalue weighted by Crippen LogP contribution is 2.44. The fourth-order valence-corrected chi connectivity index (χ4v) is 6.68. The van der Waals surface area contributed by atoms with E-state index in [1.54, 1.807) is 0 Å². The zero-order chi connectivity index (χ0) is 33.9. The summed E-state index contributed by atoms with van der Waals surface area (Å²) in [5.74, 6) is -0.181. The highest BCUT2D eigenvalue weighted by molar-refractivity contribution is 6.66. The maximum Gasteiger partial charge on any atom is 0.195 e. The van der Waals surface area contributed by atoms with Gasteiger partial charge >= 0.3 is 0 Å². The Morgan fingerprint density at radius 2 is 0.500 bits per heavy atom. The summed E-state index contributed by atoms with van der Waals surface area (Å²) in [6.07, 6.45) is 13.0. The van der Waals surface area contributed by atoms with Gasteiger partial charge in [0.25, 0.3) is 0 Å². The fraction of sp³-hybridized carbons (Fsp3) is 0.348. The van der Waals surface area contributed by atoms with Crippen LogP contribution in [0.3, 0.4) is 0 Å². The standard InChI is InChI=1S/C46H52O2/c1-5-9-13-33-17-25-37(26-18-33)41-42(38-27-19-34(20-28-38)14-10-6-2)46(48)44(40-31-23-36(24-32-40)16-12-8-4)43(45(41)47)39-29-21-35(22-30-39)15-11-7-3/h17-32H,5-16H2,1-4H3. The summed E-state index contributed by atoms with van der Waals surface area (Å²) in [5.41, 5.74) is 10.2. The van der Waals surface area contributed by atoms with Crippen LogP contribution in [0.1, 0.15) is 124 Å². The molecule has 0 unspecified atom stereocenters. The van der Waals surface area contributed by atoms with Gasteiger partial charge in [0.15, 0.2) is 11.6 Å². The second-order valence-electron chi connectivity index (χ2n) is 13.4. The SMILES string of the molecule is CCCCc1ccc(C2=C(c3ccc(CCCC)cc3)C(=O)C(c3ccc(CCCC)cc3)=C(c3ccc(CCCC)cc3)C2=O)cc1. The van der Waals surface area contributed by atoms with Gasteiger partial charge in [-0.25, -0.2) is 0 Å². The first-order chi connectivity index (χ1) is 23.5. The highest BCUT2D eigenvalue weighted by Gasteiger charge is 2.37. The number of Topliss-reactive ketones (excluding diaryl/α,β-unsaturated/α-hetero) is 2. The minimum atomic E-state index is -0.0904. The topological polar surface area (TPSA) is 34.1 Å². The number of allylic oxidation sites excluding steroid dienone is 4. The predicted octanol–water partition coefficient (Wildman–Crippen LogP) is 11.7. The average molecular weight is 637 g/mol. The van der Waals surface area contributed by atoms with Crippen molar-refractivity contribution in [2.75, 3.05) is 0 Å². The smallest absolute Gasteiger partial charge is 0.195 e. The van der Waals surface area contributed by atoms with Crippen LogP contribution < -0.4 is 0 Å². The molecule has 0 bridgehead atoms. The summed E-state index contributed by atoms with van der Waals surface area (Å²) in [6, 6.07) is 33.3. The van der Waals surface area contributed by atoms with Crippen LogP contribution in [0.2, 0.25) is 0 Å². The number of unbranched alkanes of at least 4 members (excludes halogenated alkanes) is 4. The van der Waals surface area contributed by atoms with E-state index in [2.05, 4.69) is 76.2 Å². The minimum Gasteiger partial charge on any atom is -0.289 e. The van der Waals surface area contributed by atoms with Gasteiger partial charge in [-0.3, -0.25) is 9.59 Å². The Balaban J connectivity index is 1.69. The van der Waals surface area contributed by atoms with Crippen LogP contribution in [0.15, 0.2) is 97.1 Å². The molecule has 1 aliphatic rings. The molecule has 0 N–H and O–H groups in total. The van der Waals surface area contributed by atoms with Crippen molar-refractivity contribution in [3.8, 4) is 0 Å². The van der Waals surface area contributed by atoms with Crippen molar-refractivity contribution < 1.29 is 9.59 Å². The molecule has 0 fully saturated rings. The van der Waals surface area contributed by atoms with Crippen molar-refractivity contribution >= 4 is 33.9 Å². The Hall–Kier alpha value is -4.30. The van der Waals surface area contributed by atoms with E-state index in [1.165, 1.54) is 22.3 Å². The molecule has 0 amide bonds.